The number of rotatable bonds is 3. The Bertz CT molecular complexity index is 289. The van der Waals surface area contributed by atoms with E-state index in [1.165, 1.54) is 0 Å². The molecular weight excluding hydrogens is 168 g/mol. The molecule has 0 radical (unpaired) electrons. The maximum atomic E-state index is 5.52. The summed E-state index contributed by atoms with van der Waals surface area (Å²) in [6.07, 6.45) is 1.63. The Hall–Kier alpha value is -1.59. The van der Waals surface area contributed by atoms with Gasteiger partial charge in [-0.05, 0) is 6.92 Å². The predicted octanol–water partition coefficient (Wildman–Crippen LogP) is -0.761. The third kappa shape index (κ3) is 3.10. The third-order valence-electron chi connectivity index (χ3n) is 1.40. The van der Waals surface area contributed by atoms with Crippen molar-refractivity contribution in [2.75, 3.05) is 6.54 Å². The number of aryl methyl sites for hydroxylation is 1. The summed E-state index contributed by atoms with van der Waals surface area (Å²) in [5.74, 6) is 1.10. The zero-order valence-corrected chi connectivity index (χ0v) is 7.86. The van der Waals surface area contributed by atoms with Crippen LogP contribution >= 0.6 is 0 Å². The summed E-state index contributed by atoms with van der Waals surface area (Å²) in [7, 11) is 1.81. The van der Waals surface area contributed by atoms with E-state index in [-0.39, 0.29) is 0 Å². The fraction of sp³-hybridized carbons (Fsp3) is 0.571. The summed E-state index contributed by atoms with van der Waals surface area (Å²) >= 11 is 0. The van der Waals surface area contributed by atoms with Gasteiger partial charge in [0.25, 0.3) is 0 Å². The van der Waals surface area contributed by atoms with Crippen LogP contribution in [-0.2, 0) is 13.6 Å². The average molecular weight is 182 g/mol. The number of hydrogen-bond acceptors (Lipinski definition) is 3. The highest BCUT2D eigenvalue weighted by atomic mass is 15.3. The largest absolute Gasteiger partial charge is 0.370 e. The first-order chi connectivity index (χ1) is 6.22. The van der Waals surface area contributed by atoms with Gasteiger partial charge >= 0.3 is 0 Å². The Labute approximate surface area is 76.9 Å². The van der Waals surface area contributed by atoms with Crippen LogP contribution in [0.25, 0.3) is 0 Å². The second-order valence-corrected chi connectivity index (χ2v) is 2.57. The van der Waals surface area contributed by atoms with E-state index in [1.54, 1.807) is 11.0 Å². The molecule has 0 bridgehead atoms. The summed E-state index contributed by atoms with van der Waals surface area (Å²) < 4.78 is 1.63. The van der Waals surface area contributed by atoms with Crippen molar-refractivity contribution in [2.45, 2.75) is 13.5 Å². The molecular formula is C7H14N6. The minimum Gasteiger partial charge on any atom is -0.370 e. The lowest BCUT2D eigenvalue weighted by molar-refractivity contribution is 0.741. The van der Waals surface area contributed by atoms with Gasteiger partial charge in [-0.15, -0.1) is 0 Å². The molecule has 1 aromatic heterocycles. The first-order valence-electron chi connectivity index (χ1n) is 4.10. The molecule has 0 unspecified atom stereocenters. The highest BCUT2D eigenvalue weighted by Gasteiger charge is 1.96. The minimum atomic E-state index is 0.416. The number of guanidine groups is 1. The molecule has 6 heteroatoms. The van der Waals surface area contributed by atoms with Gasteiger partial charge in [0.15, 0.2) is 11.8 Å². The number of hydrogen-bond donors (Lipinski definition) is 2. The van der Waals surface area contributed by atoms with E-state index in [2.05, 4.69) is 20.4 Å². The Morgan fingerprint density at radius 3 is 3.08 bits per heavy atom. The monoisotopic (exact) mass is 182 g/mol. The molecule has 0 aliphatic carbocycles. The second-order valence-electron chi connectivity index (χ2n) is 2.57. The topological polar surface area (TPSA) is 81.1 Å². The van der Waals surface area contributed by atoms with Crippen LogP contribution in [0.4, 0.5) is 0 Å². The Morgan fingerprint density at radius 1 is 1.77 bits per heavy atom. The fourth-order valence-electron chi connectivity index (χ4n) is 0.849. The zero-order valence-electron chi connectivity index (χ0n) is 7.86. The quantitative estimate of drug-likeness (QED) is 0.475. The van der Waals surface area contributed by atoms with Gasteiger partial charge in [-0.3, -0.25) is 4.68 Å². The van der Waals surface area contributed by atoms with Crippen LogP contribution in [0.3, 0.4) is 0 Å². The molecule has 6 nitrogen and oxygen atoms in total. The molecule has 0 spiro atoms. The molecule has 0 aromatic carbocycles. The van der Waals surface area contributed by atoms with Gasteiger partial charge in [0.1, 0.15) is 12.9 Å². The number of nitrogens with zero attached hydrogens (tertiary/aromatic N) is 4. The highest BCUT2D eigenvalue weighted by molar-refractivity contribution is 5.77. The van der Waals surface area contributed by atoms with E-state index in [4.69, 9.17) is 5.73 Å². The standard InChI is InChI=1S/C7H14N6/c1-3-9-7(8)10-4-6-11-5-13(2)12-6/h5H,3-4H2,1-2H3,(H3,8,9,10). The van der Waals surface area contributed by atoms with E-state index in [0.717, 1.165) is 6.54 Å². The van der Waals surface area contributed by atoms with Crippen molar-refractivity contribution in [3.8, 4) is 0 Å². The molecule has 0 amide bonds. The lowest BCUT2D eigenvalue weighted by Crippen LogP contribution is -2.31. The summed E-state index contributed by atoms with van der Waals surface area (Å²) in [4.78, 5) is 8.05. The molecule has 3 N–H and O–H groups in total. The first kappa shape index (κ1) is 9.50. The van der Waals surface area contributed by atoms with Crippen LogP contribution < -0.4 is 11.1 Å². The van der Waals surface area contributed by atoms with Gasteiger partial charge in [0, 0.05) is 13.6 Å². The smallest absolute Gasteiger partial charge is 0.189 e. The number of aromatic nitrogens is 3. The first-order valence-corrected chi connectivity index (χ1v) is 4.10. The summed E-state index contributed by atoms with van der Waals surface area (Å²) in [5, 5.41) is 6.95. The predicted molar refractivity (Wildman–Crippen MR) is 50.0 cm³/mol. The van der Waals surface area contributed by atoms with Gasteiger partial charge in [0.2, 0.25) is 0 Å². The van der Waals surface area contributed by atoms with Gasteiger partial charge in [-0.2, -0.15) is 5.10 Å². The minimum absolute atomic E-state index is 0.416. The van der Waals surface area contributed by atoms with Crippen LogP contribution in [-0.4, -0.2) is 27.3 Å². The molecule has 1 aromatic rings. The van der Waals surface area contributed by atoms with Crippen LogP contribution in [0.2, 0.25) is 0 Å². The summed E-state index contributed by atoms with van der Waals surface area (Å²) in [6.45, 7) is 3.14. The Kier molecular flexibility index (Phi) is 3.24. The molecule has 0 fully saturated rings. The summed E-state index contributed by atoms with van der Waals surface area (Å²) in [5.41, 5.74) is 5.52. The van der Waals surface area contributed by atoms with Crippen LogP contribution in [0.15, 0.2) is 11.3 Å². The fourth-order valence-corrected chi connectivity index (χ4v) is 0.849. The molecule has 0 saturated heterocycles. The molecule has 0 saturated carbocycles. The van der Waals surface area contributed by atoms with Gasteiger partial charge < -0.3 is 11.1 Å². The normalized spacial score (nSPS) is 11.7. The molecule has 0 aliphatic heterocycles. The van der Waals surface area contributed by atoms with E-state index in [1.807, 2.05) is 14.0 Å². The lowest BCUT2D eigenvalue weighted by Gasteiger charge is -1.99. The number of aliphatic imine (C=N–C) groups is 1. The van der Waals surface area contributed by atoms with E-state index in [9.17, 15) is 0 Å². The molecule has 1 heterocycles. The van der Waals surface area contributed by atoms with Crippen molar-refractivity contribution in [3.05, 3.63) is 12.2 Å². The SMILES string of the molecule is CCNC(N)=NCc1ncn(C)n1. The summed E-state index contributed by atoms with van der Waals surface area (Å²) in [6, 6.07) is 0. The Morgan fingerprint density at radius 2 is 2.54 bits per heavy atom. The maximum Gasteiger partial charge on any atom is 0.189 e. The van der Waals surface area contributed by atoms with E-state index in [0.29, 0.717) is 18.3 Å². The van der Waals surface area contributed by atoms with E-state index >= 15 is 0 Å². The Balaban J connectivity index is 2.46. The van der Waals surface area contributed by atoms with Crippen molar-refractivity contribution >= 4 is 5.96 Å². The highest BCUT2D eigenvalue weighted by Crippen LogP contribution is 1.89. The zero-order chi connectivity index (χ0) is 9.68. The number of nitrogens with two attached hydrogens (primary N) is 1. The van der Waals surface area contributed by atoms with Crippen molar-refractivity contribution in [1.82, 2.24) is 20.1 Å². The van der Waals surface area contributed by atoms with Gasteiger partial charge in [-0.1, -0.05) is 0 Å². The molecule has 0 aliphatic rings. The van der Waals surface area contributed by atoms with Crippen LogP contribution in [0, 0.1) is 0 Å². The second kappa shape index (κ2) is 4.44. The molecule has 13 heavy (non-hydrogen) atoms. The lowest BCUT2D eigenvalue weighted by atomic mass is 10.6. The van der Waals surface area contributed by atoms with Crippen LogP contribution in [0.5, 0.6) is 0 Å². The van der Waals surface area contributed by atoms with Gasteiger partial charge in [-0.25, -0.2) is 9.98 Å². The molecule has 72 valence electrons. The van der Waals surface area contributed by atoms with Crippen molar-refractivity contribution < 1.29 is 0 Å². The van der Waals surface area contributed by atoms with Crippen molar-refractivity contribution in [1.29, 1.82) is 0 Å². The molecule has 1 rings (SSSR count). The van der Waals surface area contributed by atoms with Crippen molar-refractivity contribution in [3.63, 3.8) is 0 Å². The van der Waals surface area contributed by atoms with Crippen molar-refractivity contribution in [2.24, 2.45) is 17.8 Å². The average Bonchev–Trinajstić information content (AvgIpc) is 2.49. The maximum absolute atomic E-state index is 5.52. The van der Waals surface area contributed by atoms with Crippen LogP contribution in [0.1, 0.15) is 12.7 Å². The third-order valence-corrected chi connectivity index (χ3v) is 1.40. The van der Waals surface area contributed by atoms with E-state index < -0.39 is 0 Å². The van der Waals surface area contributed by atoms with Gasteiger partial charge in [0.05, 0.1) is 0 Å². The molecule has 0 atom stereocenters. The number of nitrogens with one attached hydrogen (secondary N) is 1.